The third kappa shape index (κ3) is 4.20. The molecule has 1 amide bonds. The number of carbonyl (C=O) groups is 1. The minimum Gasteiger partial charge on any atom is -0.381 e. The van der Waals surface area contributed by atoms with Gasteiger partial charge in [0, 0.05) is 16.6 Å². The maximum absolute atomic E-state index is 12.9. The smallest absolute Gasteiger partial charge is 0.255 e. The Hall–Kier alpha value is -2.07. The lowest BCUT2D eigenvalue weighted by molar-refractivity contribution is 0.102. The Morgan fingerprint density at radius 2 is 1.76 bits per heavy atom. The number of halogens is 2. The molecule has 0 radical (unpaired) electrons. The van der Waals surface area contributed by atoms with E-state index in [0.717, 1.165) is 5.69 Å². The normalized spacial score (nSPS) is 10.5. The summed E-state index contributed by atoms with van der Waals surface area (Å²) < 4.78 is 12.9. The molecule has 0 atom stereocenters. The van der Waals surface area contributed by atoms with Gasteiger partial charge in [-0.25, -0.2) is 4.39 Å². The highest BCUT2D eigenvalue weighted by atomic mass is 35.5. The molecule has 0 fully saturated rings. The van der Waals surface area contributed by atoms with Crippen molar-refractivity contribution in [1.29, 1.82) is 0 Å². The zero-order valence-corrected chi connectivity index (χ0v) is 12.5. The van der Waals surface area contributed by atoms with E-state index in [0.29, 0.717) is 16.3 Å². The monoisotopic (exact) mass is 306 g/mol. The molecule has 5 heteroatoms. The minimum atomic E-state index is -0.378. The molecule has 0 unspecified atom stereocenters. The van der Waals surface area contributed by atoms with Crippen molar-refractivity contribution in [2.24, 2.45) is 0 Å². The second-order valence-corrected chi connectivity index (χ2v) is 5.39. The number of hydrogen-bond donors (Lipinski definition) is 2. The van der Waals surface area contributed by atoms with Gasteiger partial charge in [0.2, 0.25) is 0 Å². The average molecular weight is 307 g/mol. The van der Waals surface area contributed by atoms with Crippen molar-refractivity contribution in [3.8, 4) is 0 Å². The van der Waals surface area contributed by atoms with Crippen LogP contribution in [0.4, 0.5) is 15.8 Å². The van der Waals surface area contributed by atoms with Crippen LogP contribution in [0.25, 0.3) is 0 Å². The fourth-order valence-corrected chi connectivity index (χ4v) is 2.02. The molecule has 0 heterocycles. The van der Waals surface area contributed by atoms with E-state index in [1.807, 2.05) is 19.9 Å². The van der Waals surface area contributed by atoms with Crippen LogP contribution in [0.2, 0.25) is 5.02 Å². The lowest BCUT2D eigenvalue weighted by Gasteiger charge is -2.16. The number of amides is 1. The molecule has 0 aliphatic rings. The molecule has 0 spiro atoms. The van der Waals surface area contributed by atoms with Crippen LogP contribution < -0.4 is 10.6 Å². The van der Waals surface area contributed by atoms with E-state index >= 15 is 0 Å². The van der Waals surface area contributed by atoms with Gasteiger partial charge >= 0.3 is 0 Å². The molecule has 2 N–H and O–H groups in total. The standard InChI is InChI=1S/C16H16ClFN2O/c1-10(2)19-14-8-5-12(17)9-15(14)20-16(21)11-3-6-13(18)7-4-11/h3-10,19H,1-2H3,(H,20,21). The van der Waals surface area contributed by atoms with Crippen molar-refractivity contribution in [3.05, 3.63) is 58.9 Å². The second-order valence-electron chi connectivity index (χ2n) is 4.95. The van der Waals surface area contributed by atoms with Gasteiger partial charge < -0.3 is 10.6 Å². The predicted molar refractivity (Wildman–Crippen MR) is 84.6 cm³/mol. The Morgan fingerprint density at radius 3 is 2.38 bits per heavy atom. The van der Waals surface area contributed by atoms with Gasteiger partial charge in [0.05, 0.1) is 11.4 Å². The van der Waals surface area contributed by atoms with Gasteiger partial charge in [-0.05, 0) is 56.3 Å². The van der Waals surface area contributed by atoms with E-state index in [2.05, 4.69) is 10.6 Å². The third-order valence-corrected chi connectivity index (χ3v) is 3.02. The average Bonchev–Trinajstić information content (AvgIpc) is 2.42. The zero-order chi connectivity index (χ0) is 15.4. The molecule has 0 aromatic heterocycles. The summed E-state index contributed by atoms with van der Waals surface area (Å²) in [4.78, 5) is 12.2. The van der Waals surface area contributed by atoms with E-state index in [1.165, 1.54) is 24.3 Å². The first kappa shape index (κ1) is 15.3. The van der Waals surface area contributed by atoms with Crippen molar-refractivity contribution in [1.82, 2.24) is 0 Å². The highest BCUT2D eigenvalue weighted by Gasteiger charge is 2.10. The number of rotatable bonds is 4. The summed E-state index contributed by atoms with van der Waals surface area (Å²) in [5.74, 6) is -0.694. The number of hydrogen-bond acceptors (Lipinski definition) is 2. The number of nitrogens with one attached hydrogen (secondary N) is 2. The molecule has 0 aliphatic carbocycles. The minimum absolute atomic E-state index is 0.215. The maximum Gasteiger partial charge on any atom is 0.255 e. The molecule has 2 aromatic rings. The van der Waals surface area contributed by atoms with Gasteiger partial charge in [-0.15, -0.1) is 0 Å². The van der Waals surface area contributed by atoms with E-state index in [-0.39, 0.29) is 17.8 Å². The molecular formula is C16H16ClFN2O. The molecule has 0 bridgehead atoms. The molecule has 0 saturated carbocycles. The summed E-state index contributed by atoms with van der Waals surface area (Å²) in [7, 11) is 0. The lowest BCUT2D eigenvalue weighted by Crippen LogP contribution is -2.16. The van der Waals surface area contributed by atoms with Crippen molar-refractivity contribution in [2.45, 2.75) is 19.9 Å². The van der Waals surface area contributed by atoms with Crippen LogP contribution in [-0.2, 0) is 0 Å². The van der Waals surface area contributed by atoms with Crippen LogP contribution >= 0.6 is 11.6 Å². The predicted octanol–water partition coefficient (Wildman–Crippen LogP) is 4.55. The summed E-state index contributed by atoms with van der Waals surface area (Å²) in [6.07, 6.45) is 0. The van der Waals surface area contributed by atoms with Gasteiger partial charge in [-0.3, -0.25) is 4.79 Å². The topological polar surface area (TPSA) is 41.1 Å². The van der Waals surface area contributed by atoms with Gasteiger partial charge in [0.15, 0.2) is 0 Å². The molecule has 2 rings (SSSR count). The van der Waals surface area contributed by atoms with Crippen LogP contribution in [0.1, 0.15) is 24.2 Å². The Morgan fingerprint density at radius 1 is 1.10 bits per heavy atom. The van der Waals surface area contributed by atoms with Crippen molar-refractivity contribution >= 4 is 28.9 Å². The molecule has 0 saturated heterocycles. The first-order valence-electron chi connectivity index (χ1n) is 6.58. The maximum atomic E-state index is 12.9. The Balaban J connectivity index is 2.23. The summed E-state index contributed by atoms with van der Waals surface area (Å²) in [5.41, 5.74) is 1.75. The summed E-state index contributed by atoms with van der Waals surface area (Å²) in [5, 5.41) is 6.54. The summed E-state index contributed by atoms with van der Waals surface area (Å²) in [6.45, 7) is 4.00. The van der Waals surface area contributed by atoms with Gasteiger partial charge in [0.25, 0.3) is 5.91 Å². The summed E-state index contributed by atoms with van der Waals surface area (Å²) >= 11 is 5.97. The number of anilines is 2. The molecule has 0 aliphatic heterocycles. The number of benzene rings is 2. The highest BCUT2D eigenvalue weighted by Crippen LogP contribution is 2.27. The Kier molecular flexibility index (Phi) is 4.81. The van der Waals surface area contributed by atoms with E-state index < -0.39 is 0 Å². The molecular weight excluding hydrogens is 291 g/mol. The third-order valence-electron chi connectivity index (χ3n) is 2.78. The van der Waals surface area contributed by atoms with Gasteiger partial charge in [0.1, 0.15) is 5.82 Å². The molecule has 2 aromatic carbocycles. The molecule has 110 valence electrons. The quantitative estimate of drug-likeness (QED) is 0.870. The van der Waals surface area contributed by atoms with Crippen molar-refractivity contribution in [3.63, 3.8) is 0 Å². The molecule has 21 heavy (non-hydrogen) atoms. The first-order chi connectivity index (χ1) is 9.95. The van der Waals surface area contributed by atoms with E-state index in [4.69, 9.17) is 11.6 Å². The SMILES string of the molecule is CC(C)Nc1ccc(Cl)cc1NC(=O)c1ccc(F)cc1. The highest BCUT2D eigenvalue weighted by molar-refractivity contribution is 6.31. The van der Waals surface area contributed by atoms with E-state index in [1.54, 1.807) is 12.1 Å². The van der Waals surface area contributed by atoms with Crippen LogP contribution in [-0.4, -0.2) is 11.9 Å². The van der Waals surface area contributed by atoms with Crippen LogP contribution in [0.5, 0.6) is 0 Å². The fraction of sp³-hybridized carbons (Fsp3) is 0.188. The van der Waals surface area contributed by atoms with Crippen LogP contribution in [0, 0.1) is 5.82 Å². The molecule has 3 nitrogen and oxygen atoms in total. The van der Waals surface area contributed by atoms with Crippen LogP contribution in [0.3, 0.4) is 0 Å². The fourth-order valence-electron chi connectivity index (χ4n) is 1.85. The van der Waals surface area contributed by atoms with Gasteiger partial charge in [-0.1, -0.05) is 11.6 Å². The largest absolute Gasteiger partial charge is 0.381 e. The summed E-state index contributed by atoms with van der Waals surface area (Å²) in [6, 6.07) is 10.8. The van der Waals surface area contributed by atoms with Crippen LogP contribution in [0.15, 0.2) is 42.5 Å². The lowest BCUT2D eigenvalue weighted by atomic mass is 10.2. The Labute approximate surface area is 128 Å². The first-order valence-corrected chi connectivity index (χ1v) is 6.96. The second kappa shape index (κ2) is 6.59. The van der Waals surface area contributed by atoms with Gasteiger partial charge in [-0.2, -0.15) is 0 Å². The van der Waals surface area contributed by atoms with Crippen molar-refractivity contribution < 1.29 is 9.18 Å². The van der Waals surface area contributed by atoms with Crippen molar-refractivity contribution in [2.75, 3.05) is 10.6 Å². The number of carbonyl (C=O) groups excluding carboxylic acids is 1. The van der Waals surface area contributed by atoms with E-state index in [9.17, 15) is 9.18 Å². The zero-order valence-electron chi connectivity index (χ0n) is 11.8. The Bertz CT molecular complexity index is 641.